The van der Waals surface area contributed by atoms with Gasteiger partial charge in [0.15, 0.2) is 0 Å². The summed E-state index contributed by atoms with van der Waals surface area (Å²) in [4.78, 5) is 2.72. The minimum Gasteiger partial charge on any atom is -0.314 e. The highest BCUT2D eigenvalue weighted by atomic mass is 35.5. The van der Waals surface area contributed by atoms with Crippen LogP contribution in [0.5, 0.6) is 0 Å². The second-order valence-electron chi connectivity index (χ2n) is 4.13. The zero-order chi connectivity index (χ0) is 9.10. The molecule has 0 amide bonds. The first-order valence-electron chi connectivity index (χ1n) is 5.42. The molecule has 0 saturated carbocycles. The van der Waals surface area contributed by atoms with Gasteiger partial charge in [-0.1, -0.05) is 0 Å². The molecule has 0 aliphatic carbocycles. The zero-order valence-electron chi connectivity index (χ0n) is 8.87. The Balaban J connectivity index is 0.000000980. The molecule has 2 heterocycles. The predicted octanol–water partition coefficient (Wildman–Crippen LogP) is 1.60. The first-order chi connectivity index (χ1) is 6.38. The Morgan fingerprint density at radius 3 is 2.64 bits per heavy atom. The number of piperazine rings is 1. The third-order valence-electron chi connectivity index (χ3n) is 3.21. The fraction of sp³-hybridized carbons (Fsp3) is 1.00. The Morgan fingerprint density at radius 1 is 1.29 bits per heavy atom. The average Bonchev–Trinajstić information content (AvgIpc) is 2.20. The van der Waals surface area contributed by atoms with Gasteiger partial charge in [0.05, 0.1) is 0 Å². The summed E-state index contributed by atoms with van der Waals surface area (Å²) in [7, 11) is 0. The van der Waals surface area contributed by atoms with E-state index >= 15 is 0 Å². The van der Waals surface area contributed by atoms with Gasteiger partial charge in [0, 0.05) is 31.7 Å². The molecule has 0 spiro atoms. The van der Waals surface area contributed by atoms with Crippen LogP contribution in [0.3, 0.4) is 0 Å². The molecular formula is C10H21ClN2S. The van der Waals surface area contributed by atoms with Crippen LogP contribution in [0.2, 0.25) is 0 Å². The molecule has 2 rings (SSSR count). The Kier molecular flexibility index (Phi) is 5.60. The number of rotatable bonds is 1. The third kappa shape index (κ3) is 3.02. The van der Waals surface area contributed by atoms with Gasteiger partial charge in [-0.3, -0.25) is 4.90 Å². The van der Waals surface area contributed by atoms with Crippen molar-refractivity contribution in [3.05, 3.63) is 0 Å². The van der Waals surface area contributed by atoms with Crippen molar-refractivity contribution < 1.29 is 0 Å². The number of hydrogen-bond acceptors (Lipinski definition) is 3. The second kappa shape index (κ2) is 6.21. The summed E-state index contributed by atoms with van der Waals surface area (Å²) in [6.45, 7) is 5.99. The minimum absolute atomic E-state index is 0. The highest BCUT2D eigenvalue weighted by Crippen LogP contribution is 2.23. The smallest absolute Gasteiger partial charge is 0.0195 e. The molecule has 0 unspecified atom stereocenters. The van der Waals surface area contributed by atoms with Gasteiger partial charge in [0.1, 0.15) is 0 Å². The van der Waals surface area contributed by atoms with Crippen LogP contribution in [0.15, 0.2) is 0 Å². The van der Waals surface area contributed by atoms with Gasteiger partial charge >= 0.3 is 0 Å². The van der Waals surface area contributed by atoms with Crippen LogP contribution in [-0.4, -0.2) is 48.1 Å². The van der Waals surface area contributed by atoms with Crippen LogP contribution in [0.4, 0.5) is 0 Å². The van der Waals surface area contributed by atoms with Crippen LogP contribution in [0, 0.1) is 0 Å². The second-order valence-corrected chi connectivity index (χ2v) is 5.36. The maximum Gasteiger partial charge on any atom is 0.0195 e. The molecule has 0 aromatic heterocycles. The van der Waals surface area contributed by atoms with E-state index in [-0.39, 0.29) is 12.4 Å². The molecule has 84 valence electrons. The molecule has 14 heavy (non-hydrogen) atoms. The molecular weight excluding hydrogens is 216 g/mol. The Morgan fingerprint density at radius 2 is 2.00 bits per heavy atom. The van der Waals surface area contributed by atoms with E-state index in [1.165, 1.54) is 44.0 Å². The summed E-state index contributed by atoms with van der Waals surface area (Å²) in [5.74, 6) is 2.75. The minimum atomic E-state index is 0. The lowest BCUT2D eigenvalue weighted by Gasteiger charge is -2.41. The molecule has 0 aromatic rings. The highest BCUT2D eigenvalue weighted by molar-refractivity contribution is 7.99. The lowest BCUT2D eigenvalue weighted by molar-refractivity contribution is 0.110. The average molecular weight is 237 g/mol. The molecule has 4 heteroatoms. The largest absolute Gasteiger partial charge is 0.314 e. The van der Waals surface area contributed by atoms with E-state index in [4.69, 9.17) is 0 Å². The van der Waals surface area contributed by atoms with Gasteiger partial charge in [-0.15, -0.1) is 12.4 Å². The molecule has 2 aliphatic heterocycles. The summed E-state index contributed by atoms with van der Waals surface area (Å²) in [6.07, 6.45) is 2.82. The summed E-state index contributed by atoms with van der Waals surface area (Å²) >= 11 is 2.12. The molecule has 2 aliphatic rings. The van der Waals surface area contributed by atoms with Gasteiger partial charge in [-0.25, -0.2) is 0 Å². The molecule has 0 bridgehead atoms. The number of hydrogen-bond donors (Lipinski definition) is 1. The van der Waals surface area contributed by atoms with E-state index in [1.54, 1.807) is 0 Å². The fourth-order valence-corrected chi connectivity index (χ4v) is 3.50. The van der Waals surface area contributed by atoms with Crippen LogP contribution >= 0.6 is 24.2 Å². The van der Waals surface area contributed by atoms with Gasteiger partial charge in [0.25, 0.3) is 0 Å². The summed E-state index contributed by atoms with van der Waals surface area (Å²) in [5, 5.41) is 3.46. The van der Waals surface area contributed by atoms with E-state index in [1.807, 2.05) is 0 Å². The summed E-state index contributed by atoms with van der Waals surface area (Å²) < 4.78 is 0. The van der Waals surface area contributed by atoms with Gasteiger partial charge < -0.3 is 5.32 Å². The molecule has 2 fully saturated rings. The van der Waals surface area contributed by atoms with Crippen molar-refractivity contribution in [2.24, 2.45) is 0 Å². The van der Waals surface area contributed by atoms with Crippen molar-refractivity contribution in [1.29, 1.82) is 0 Å². The van der Waals surface area contributed by atoms with Gasteiger partial charge in [-0.05, 0) is 31.3 Å². The molecule has 0 aromatic carbocycles. The quantitative estimate of drug-likeness (QED) is 0.745. The van der Waals surface area contributed by atoms with Gasteiger partial charge in [0.2, 0.25) is 0 Å². The SMILES string of the molecule is C[C@@H]1CNCCN1C1CCSCC1.Cl. The number of nitrogens with zero attached hydrogens (tertiary/aromatic N) is 1. The Labute approximate surface area is 97.6 Å². The summed E-state index contributed by atoms with van der Waals surface area (Å²) in [5.41, 5.74) is 0. The Bertz CT molecular complexity index is 162. The van der Waals surface area contributed by atoms with Crippen LogP contribution in [0.25, 0.3) is 0 Å². The van der Waals surface area contributed by atoms with Crippen molar-refractivity contribution in [3.63, 3.8) is 0 Å². The molecule has 2 saturated heterocycles. The van der Waals surface area contributed by atoms with E-state index < -0.39 is 0 Å². The molecule has 1 N–H and O–H groups in total. The number of nitrogens with one attached hydrogen (secondary N) is 1. The number of halogens is 1. The van der Waals surface area contributed by atoms with E-state index in [0.717, 1.165) is 12.1 Å². The third-order valence-corrected chi connectivity index (χ3v) is 4.26. The van der Waals surface area contributed by atoms with Crippen molar-refractivity contribution in [1.82, 2.24) is 10.2 Å². The van der Waals surface area contributed by atoms with E-state index in [0.29, 0.717) is 0 Å². The van der Waals surface area contributed by atoms with Crippen LogP contribution < -0.4 is 5.32 Å². The first-order valence-corrected chi connectivity index (χ1v) is 6.57. The van der Waals surface area contributed by atoms with Crippen LogP contribution in [0.1, 0.15) is 19.8 Å². The van der Waals surface area contributed by atoms with Crippen molar-refractivity contribution in [2.45, 2.75) is 31.8 Å². The summed E-state index contributed by atoms with van der Waals surface area (Å²) in [6, 6.07) is 1.64. The monoisotopic (exact) mass is 236 g/mol. The highest BCUT2D eigenvalue weighted by Gasteiger charge is 2.26. The molecule has 1 atom stereocenters. The topological polar surface area (TPSA) is 15.3 Å². The fourth-order valence-electron chi connectivity index (χ4n) is 2.42. The number of thioether (sulfide) groups is 1. The van der Waals surface area contributed by atoms with Crippen molar-refractivity contribution in [3.8, 4) is 0 Å². The molecule has 0 radical (unpaired) electrons. The maximum atomic E-state index is 3.46. The lowest BCUT2D eigenvalue weighted by Crippen LogP contribution is -2.54. The first kappa shape index (κ1) is 12.6. The van der Waals surface area contributed by atoms with E-state index in [9.17, 15) is 0 Å². The maximum absolute atomic E-state index is 3.46. The Hall–Kier alpha value is 0.560. The molecule has 2 nitrogen and oxygen atoms in total. The zero-order valence-corrected chi connectivity index (χ0v) is 10.5. The normalized spacial score (nSPS) is 31.1. The lowest BCUT2D eigenvalue weighted by atomic mass is 10.1. The van der Waals surface area contributed by atoms with Gasteiger partial charge in [-0.2, -0.15) is 11.8 Å². The van der Waals surface area contributed by atoms with Crippen LogP contribution in [-0.2, 0) is 0 Å². The van der Waals surface area contributed by atoms with Crippen molar-refractivity contribution >= 4 is 24.2 Å². The predicted molar refractivity (Wildman–Crippen MR) is 66.6 cm³/mol. The van der Waals surface area contributed by atoms with Crippen molar-refractivity contribution in [2.75, 3.05) is 31.1 Å². The standard InChI is InChI=1S/C10H20N2S.ClH/c1-9-8-11-4-5-12(9)10-2-6-13-7-3-10;/h9-11H,2-8H2,1H3;1H/t9-;/m1./s1. The van der Waals surface area contributed by atoms with E-state index in [2.05, 4.69) is 28.9 Å².